The molecular weight excluding hydrogens is 405 g/mol. The van der Waals surface area contributed by atoms with Crippen molar-refractivity contribution in [3.63, 3.8) is 0 Å². The quantitative estimate of drug-likeness (QED) is 0.580. The van der Waals surface area contributed by atoms with Crippen LogP contribution in [0.4, 0.5) is 21.7 Å². The molecule has 7 heteroatoms. The maximum Gasteiger partial charge on any atom is 0.241 e. The number of carbonyl (C=O) groups is 1. The van der Waals surface area contributed by atoms with Crippen molar-refractivity contribution in [3.8, 4) is 0 Å². The maximum atomic E-state index is 13.5. The summed E-state index contributed by atoms with van der Waals surface area (Å²) in [5.74, 6) is 1.42. The molecule has 4 rings (SSSR count). The van der Waals surface area contributed by atoms with E-state index < -0.39 is 0 Å². The van der Waals surface area contributed by atoms with Crippen LogP contribution in [0, 0.1) is 12.7 Å². The van der Waals surface area contributed by atoms with Gasteiger partial charge in [-0.25, -0.2) is 14.4 Å². The van der Waals surface area contributed by atoms with Crippen molar-refractivity contribution in [2.75, 3.05) is 23.7 Å². The van der Waals surface area contributed by atoms with E-state index in [2.05, 4.69) is 26.6 Å². The van der Waals surface area contributed by atoms with E-state index in [0.717, 1.165) is 48.8 Å². The van der Waals surface area contributed by atoms with Gasteiger partial charge in [0, 0.05) is 23.5 Å². The van der Waals surface area contributed by atoms with E-state index in [1.165, 1.54) is 12.1 Å². The van der Waals surface area contributed by atoms with Gasteiger partial charge in [-0.05, 0) is 81.7 Å². The fraction of sp³-hybridized carbons (Fsp3) is 0.320. The van der Waals surface area contributed by atoms with Crippen LogP contribution in [-0.4, -0.2) is 39.9 Å². The topological polar surface area (TPSA) is 70.2 Å². The van der Waals surface area contributed by atoms with Crippen LogP contribution in [0.5, 0.6) is 0 Å². The molecule has 1 aliphatic rings. The van der Waals surface area contributed by atoms with Crippen molar-refractivity contribution < 1.29 is 9.18 Å². The van der Waals surface area contributed by atoms with Crippen molar-refractivity contribution in [2.45, 2.75) is 38.6 Å². The van der Waals surface area contributed by atoms with E-state index in [9.17, 15) is 9.18 Å². The van der Waals surface area contributed by atoms with Gasteiger partial charge in [0.1, 0.15) is 17.5 Å². The van der Waals surface area contributed by atoms with E-state index in [4.69, 9.17) is 4.98 Å². The summed E-state index contributed by atoms with van der Waals surface area (Å²) in [6.45, 7) is 5.37. The number of likely N-dealkylation sites (tertiary alicyclic amines) is 1. The second kappa shape index (κ2) is 9.87. The number of aryl methyl sites for hydroxylation is 1. The second-order valence-electron chi connectivity index (χ2n) is 8.22. The van der Waals surface area contributed by atoms with Gasteiger partial charge in [-0.1, -0.05) is 18.2 Å². The Labute approximate surface area is 187 Å². The molecule has 0 aliphatic carbocycles. The first-order valence-corrected chi connectivity index (χ1v) is 11.0. The number of hydrogen-bond donors (Lipinski definition) is 2. The number of carbonyl (C=O) groups excluding carboxylic acids is 1. The summed E-state index contributed by atoms with van der Waals surface area (Å²) in [5.41, 5.74) is 2.42. The van der Waals surface area contributed by atoms with Gasteiger partial charge in [-0.2, -0.15) is 0 Å². The van der Waals surface area contributed by atoms with Crippen molar-refractivity contribution in [1.29, 1.82) is 0 Å². The normalized spacial score (nSPS) is 15.8. The third kappa shape index (κ3) is 5.29. The van der Waals surface area contributed by atoms with Gasteiger partial charge in [0.2, 0.25) is 5.91 Å². The zero-order valence-corrected chi connectivity index (χ0v) is 18.4. The molecule has 0 spiro atoms. The number of nitrogens with zero attached hydrogens (tertiary/aromatic N) is 3. The van der Waals surface area contributed by atoms with Gasteiger partial charge in [-0.3, -0.25) is 9.69 Å². The number of pyridine rings is 2. The molecule has 1 aromatic carbocycles. The molecule has 2 N–H and O–H groups in total. The zero-order valence-electron chi connectivity index (χ0n) is 18.4. The van der Waals surface area contributed by atoms with Crippen LogP contribution < -0.4 is 10.6 Å². The molecule has 166 valence electrons. The van der Waals surface area contributed by atoms with Gasteiger partial charge in [-0.15, -0.1) is 0 Å². The number of hydrogen-bond acceptors (Lipinski definition) is 5. The molecule has 0 unspecified atom stereocenters. The highest BCUT2D eigenvalue weighted by molar-refractivity contribution is 5.95. The van der Waals surface area contributed by atoms with E-state index in [0.29, 0.717) is 11.6 Å². The number of piperidine rings is 1. The average molecular weight is 434 g/mol. The smallest absolute Gasteiger partial charge is 0.241 e. The fourth-order valence-electron chi connectivity index (χ4n) is 4.03. The summed E-state index contributed by atoms with van der Waals surface area (Å²) in [5, 5.41) is 6.12. The number of aromatic nitrogens is 2. The Kier molecular flexibility index (Phi) is 6.75. The zero-order chi connectivity index (χ0) is 22.5. The van der Waals surface area contributed by atoms with Gasteiger partial charge < -0.3 is 10.6 Å². The standard InChI is InChI=1S/C25H28FN5O/c1-17-9-10-20(26)16-22(17)29-25(32)18(2)31-14-11-19(12-15-31)21-6-5-8-24(28-21)30-23-7-3-4-13-27-23/h3-10,13,16,18-19H,11-12,14-15H2,1-2H3,(H,29,32)(H,27,28,30)/t18-/m0/s1. The first-order valence-electron chi connectivity index (χ1n) is 11.0. The lowest BCUT2D eigenvalue weighted by atomic mass is 9.92. The summed E-state index contributed by atoms with van der Waals surface area (Å²) >= 11 is 0. The molecule has 3 heterocycles. The largest absolute Gasteiger partial charge is 0.325 e. The van der Waals surface area contributed by atoms with Gasteiger partial charge in [0.05, 0.1) is 6.04 Å². The van der Waals surface area contributed by atoms with Gasteiger partial charge in [0.15, 0.2) is 0 Å². The van der Waals surface area contributed by atoms with Crippen molar-refractivity contribution in [2.24, 2.45) is 0 Å². The summed E-state index contributed by atoms with van der Waals surface area (Å²) in [7, 11) is 0. The van der Waals surface area contributed by atoms with Crippen LogP contribution in [0.15, 0.2) is 60.8 Å². The molecule has 3 aromatic rings. The molecule has 2 aromatic heterocycles. The van der Waals surface area contributed by atoms with Gasteiger partial charge in [0.25, 0.3) is 0 Å². The molecule has 1 aliphatic heterocycles. The maximum absolute atomic E-state index is 13.5. The van der Waals surface area contributed by atoms with E-state index in [1.807, 2.05) is 44.2 Å². The molecular formula is C25H28FN5O. The molecule has 1 amide bonds. The lowest BCUT2D eigenvalue weighted by Crippen LogP contribution is -2.45. The minimum absolute atomic E-state index is 0.114. The highest BCUT2D eigenvalue weighted by atomic mass is 19.1. The Morgan fingerprint density at radius 2 is 1.88 bits per heavy atom. The summed E-state index contributed by atoms with van der Waals surface area (Å²) < 4.78 is 13.5. The van der Waals surface area contributed by atoms with Crippen molar-refractivity contribution >= 4 is 23.2 Å². The number of amides is 1. The molecule has 1 atom stereocenters. The summed E-state index contributed by atoms with van der Waals surface area (Å²) in [4.78, 5) is 24.0. The molecule has 0 radical (unpaired) electrons. The number of nitrogens with one attached hydrogen (secondary N) is 2. The molecule has 32 heavy (non-hydrogen) atoms. The van der Waals surface area contributed by atoms with Crippen LogP contribution in [0.1, 0.15) is 36.9 Å². The van der Waals surface area contributed by atoms with E-state index in [-0.39, 0.29) is 17.8 Å². The number of anilines is 3. The lowest BCUT2D eigenvalue weighted by molar-refractivity contribution is -0.121. The van der Waals surface area contributed by atoms with Crippen LogP contribution in [0.3, 0.4) is 0 Å². The number of halogens is 1. The molecule has 0 saturated carbocycles. The SMILES string of the molecule is Cc1ccc(F)cc1NC(=O)[C@H](C)N1CCC(c2cccc(Nc3ccccn3)n2)CC1. The highest BCUT2D eigenvalue weighted by Crippen LogP contribution is 2.29. The van der Waals surface area contributed by atoms with E-state index in [1.54, 1.807) is 12.3 Å². The molecule has 1 saturated heterocycles. The van der Waals surface area contributed by atoms with Crippen LogP contribution in [-0.2, 0) is 4.79 Å². The predicted octanol–water partition coefficient (Wildman–Crippen LogP) is 4.87. The molecule has 6 nitrogen and oxygen atoms in total. The van der Waals surface area contributed by atoms with Crippen LogP contribution >= 0.6 is 0 Å². The molecule has 0 bridgehead atoms. The summed E-state index contributed by atoms with van der Waals surface area (Å²) in [6.07, 6.45) is 3.60. The first-order chi connectivity index (χ1) is 15.5. The Hall–Kier alpha value is -3.32. The predicted molar refractivity (Wildman–Crippen MR) is 125 cm³/mol. The minimum atomic E-state index is -0.355. The second-order valence-corrected chi connectivity index (χ2v) is 8.22. The van der Waals surface area contributed by atoms with Crippen molar-refractivity contribution in [3.05, 3.63) is 77.9 Å². The van der Waals surface area contributed by atoms with Gasteiger partial charge >= 0.3 is 0 Å². The Morgan fingerprint density at radius 1 is 1.09 bits per heavy atom. The monoisotopic (exact) mass is 433 g/mol. The van der Waals surface area contributed by atoms with Crippen molar-refractivity contribution in [1.82, 2.24) is 14.9 Å². The fourth-order valence-corrected chi connectivity index (χ4v) is 4.03. The first kappa shape index (κ1) is 21.9. The Balaban J connectivity index is 1.34. The molecule has 1 fully saturated rings. The van der Waals surface area contributed by atoms with Crippen LogP contribution in [0.2, 0.25) is 0 Å². The Morgan fingerprint density at radius 3 is 2.62 bits per heavy atom. The Bertz CT molecular complexity index is 1070. The highest BCUT2D eigenvalue weighted by Gasteiger charge is 2.28. The average Bonchev–Trinajstić information content (AvgIpc) is 2.82. The summed E-state index contributed by atoms with van der Waals surface area (Å²) in [6, 6.07) is 15.9. The number of benzene rings is 1. The minimum Gasteiger partial charge on any atom is -0.325 e. The third-order valence-electron chi connectivity index (χ3n) is 6.02. The third-order valence-corrected chi connectivity index (χ3v) is 6.02. The van der Waals surface area contributed by atoms with Crippen LogP contribution in [0.25, 0.3) is 0 Å². The lowest BCUT2D eigenvalue weighted by Gasteiger charge is -2.35. The number of rotatable bonds is 6. The van der Waals surface area contributed by atoms with E-state index >= 15 is 0 Å².